The van der Waals surface area contributed by atoms with E-state index >= 15 is 0 Å². The summed E-state index contributed by atoms with van der Waals surface area (Å²) in [5.74, 6) is 1.23. The first-order valence-electron chi connectivity index (χ1n) is 15.6. The molecule has 3 unspecified atom stereocenters. The van der Waals surface area contributed by atoms with Crippen LogP contribution in [0, 0.1) is 17.8 Å². The molecule has 0 saturated carbocycles. The molecule has 0 aliphatic heterocycles. The van der Waals surface area contributed by atoms with Crippen LogP contribution in [0.3, 0.4) is 0 Å². The zero-order valence-corrected chi connectivity index (χ0v) is 25.1. The fourth-order valence-corrected chi connectivity index (χ4v) is 7.46. The number of nitrogens with zero attached hydrogens (tertiary/aromatic N) is 2. The van der Waals surface area contributed by atoms with Gasteiger partial charge in [0, 0.05) is 41.8 Å². The highest BCUT2D eigenvalue weighted by molar-refractivity contribution is 6.00. The summed E-state index contributed by atoms with van der Waals surface area (Å²) in [6, 6.07) is 31.2. The van der Waals surface area contributed by atoms with E-state index in [-0.39, 0.29) is 0 Å². The molecule has 5 aromatic rings. The van der Waals surface area contributed by atoms with Crippen LogP contribution in [0.15, 0.2) is 157 Å². The Morgan fingerprint density at radius 1 is 0.636 bits per heavy atom. The second-order valence-corrected chi connectivity index (χ2v) is 12.3. The van der Waals surface area contributed by atoms with E-state index in [1.807, 2.05) is 36.9 Å². The normalized spacial score (nSPS) is 20.9. The number of fused-ring (bicyclic) bond motifs is 3. The highest BCUT2D eigenvalue weighted by Crippen LogP contribution is 2.54. The van der Waals surface area contributed by atoms with Crippen molar-refractivity contribution in [1.82, 2.24) is 9.97 Å². The van der Waals surface area contributed by atoms with Gasteiger partial charge in [0.15, 0.2) is 0 Å². The highest BCUT2D eigenvalue weighted by atomic mass is 14.6. The highest BCUT2D eigenvalue weighted by Gasteiger charge is 2.38. The SMILES string of the molecule is CC1CC=CC2=C(c3ccc4cc(-c5cncc(-c6ccncc6)c5)ccc4c3)C3=CC=CC(C)C3C(c3ccccc3)=C21. The van der Waals surface area contributed by atoms with Crippen LogP contribution in [0.1, 0.15) is 31.4 Å². The van der Waals surface area contributed by atoms with Crippen LogP contribution in [0.5, 0.6) is 0 Å². The van der Waals surface area contributed by atoms with Crippen molar-refractivity contribution in [2.45, 2.75) is 20.3 Å². The molecule has 8 rings (SSSR count). The third-order valence-electron chi connectivity index (χ3n) is 9.57. The van der Waals surface area contributed by atoms with E-state index in [0.29, 0.717) is 17.8 Å². The van der Waals surface area contributed by atoms with Gasteiger partial charge in [-0.05, 0) is 109 Å². The molecule has 2 nitrogen and oxygen atoms in total. The molecule has 3 aliphatic rings. The number of pyridine rings is 2. The molecule has 0 spiro atoms. The van der Waals surface area contributed by atoms with Gasteiger partial charge in [0.05, 0.1) is 0 Å². The lowest BCUT2D eigenvalue weighted by Crippen LogP contribution is -2.26. The predicted octanol–water partition coefficient (Wildman–Crippen LogP) is 10.5. The van der Waals surface area contributed by atoms with E-state index in [4.69, 9.17) is 0 Å². The molecule has 2 aromatic heterocycles. The van der Waals surface area contributed by atoms with Crippen LogP contribution in [0.2, 0.25) is 0 Å². The average molecular weight is 567 g/mol. The third-order valence-corrected chi connectivity index (χ3v) is 9.57. The minimum Gasteiger partial charge on any atom is -0.265 e. The smallest absolute Gasteiger partial charge is 0.0346 e. The third kappa shape index (κ3) is 4.50. The summed E-state index contributed by atoms with van der Waals surface area (Å²) in [6.07, 6.45) is 20.4. The Hall–Kier alpha value is -5.08. The van der Waals surface area contributed by atoms with Crippen LogP contribution >= 0.6 is 0 Å². The minimum absolute atomic E-state index is 0.336. The van der Waals surface area contributed by atoms with E-state index in [1.54, 1.807) is 0 Å². The summed E-state index contributed by atoms with van der Waals surface area (Å²) in [7, 11) is 0. The average Bonchev–Trinajstić information content (AvgIpc) is 3.08. The molecule has 0 bridgehead atoms. The second-order valence-electron chi connectivity index (χ2n) is 12.3. The van der Waals surface area contributed by atoms with Crippen molar-refractivity contribution in [3.05, 3.63) is 168 Å². The monoisotopic (exact) mass is 566 g/mol. The van der Waals surface area contributed by atoms with E-state index in [1.165, 1.54) is 55.3 Å². The van der Waals surface area contributed by atoms with Gasteiger partial charge in [0.2, 0.25) is 0 Å². The Morgan fingerprint density at radius 2 is 1.36 bits per heavy atom. The minimum atomic E-state index is 0.336. The number of rotatable bonds is 4. The van der Waals surface area contributed by atoms with Crippen molar-refractivity contribution in [2.75, 3.05) is 0 Å². The molecule has 0 amide bonds. The molecule has 0 radical (unpaired) electrons. The molecule has 2 heterocycles. The van der Waals surface area contributed by atoms with Gasteiger partial charge in [-0.15, -0.1) is 0 Å². The largest absolute Gasteiger partial charge is 0.265 e. The lowest BCUT2D eigenvalue weighted by molar-refractivity contribution is 0.583. The Morgan fingerprint density at radius 3 is 2.16 bits per heavy atom. The topological polar surface area (TPSA) is 25.8 Å². The van der Waals surface area contributed by atoms with E-state index in [0.717, 1.165) is 23.1 Å². The number of hydrogen-bond acceptors (Lipinski definition) is 2. The summed E-state index contributed by atoms with van der Waals surface area (Å²) in [5.41, 5.74) is 14.4. The van der Waals surface area contributed by atoms with Gasteiger partial charge in [-0.2, -0.15) is 0 Å². The molecule has 44 heavy (non-hydrogen) atoms. The molecule has 0 fully saturated rings. The number of aromatic nitrogens is 2. The molecule has 2 heteroatoms. The van der Waals surface area contributed by atoms with Crippen molar-refractivity contribution in [1.29, 1.82) is 0 Å². The van der Waals surface area contributed by atoms with E-state index < -0.39 is 0 Å². The fourth-order valence-electron chi connectivity index (χ4n) is 7.46. The van der Waals surface area contributed by atoms with Crippen molar-refractivity contribution in [3.8, 4) is 22.3 Å². The molecular weight excluding hydrogens is 532 g/mol. The van der Waals surface area contributed by atoms with Gasteiger partial charge in [-0.25, -0.2) is 0 Å². The van der Waals surface area contributed by atoms with Gasteiger partial charge in [-0.3, -0.25) is 9.97 Å². The summed E-state index contributed by atoms with van der Waals surface area (Å²) in [6.45, 7) is 4.78. The number of hydrogen-bond donors (Lipinski definition) is 0. The van der Waals surface area contributed by atoms with Gasteiger partial charge in [0.1, 0.15) is 0 Å². The predicted molar refractivity (Wildman–Crippen MR) is 183 cm³/mol. The van der Waals surface area contributed by atoms with Crippen LogP contribution < -0.4 is 0 Å². The van der Waals surface area contributed by atoms with Crippen molar-refractivity contribution in [3.63, 3.8) is 0 Å². The zero-order valence-electron chi connectivity index (χ0n) is 25.1. The van der Waals surface area contributed by atoms with E-state index in [2.05, 4.69) is 127 Å². The van der Waals surface area contributed by atoms with Crippen LogP contribution in [0.25, 0.3) is 44.2 Å². The van der Waals surface area contributed by atoms with Crippen LogP contribution in [-0.4, -0.2) is 9.97 Å². The molecule has 3 atom stereocenters. The number of benzene rings is 3. The summed E-state index contributed by atoms with van der Waals surface area (Å²) in [5, 5.41) is 2.49. The van der Waals surface area contributed by atoms with Crippen molar-refractivity contribution >= 4 is 21.9 Å². The summed E-state index contributed by atoms with van der Waals surface area (Å²) < 4.78 is 0. The molecule has 3 aromatic carbocycles. The zero-order chi connectivity index (χ0) is 29.6. The number of allylic oxidation sites excluding steroid dienone is 10. The Bertz CT molecular complexity index is 2060. The maximum Gasteiger partial charge on any atom is 0.0346 e. The van der Waals surface area contributed by atoms with Crippen LogP contribution in [0.4, 0.5) is 0 Å². The van der Waals surface area contributed by atoms with Crippen LogP contribution in [-0.2, 0) is 0 Å². The molecule has 212 valence electrons. The Labute approximate surface area is 259 Å². The first kappa shape index (κ1) is 26.5. The van der Waals surface area contributed by atoms with Gasteiger partial charge < -0.3 is 0 Å². The molecule has 0 N–H and O–H groups in total. The lowest BCUT2D eigenvalue weighted by Gasteiger charge is -2.41. The molecular formula is C42H34N2. The van der Waals surface area contributed by atoms with Crippen molar-refractivity contribution in [2.24, 2.45) is 17.8 Å². The maximum absolute atomic E-state index is 4.56. The fraction of sp³-hybridized carbons (Fsp3) is 0.143. The summed E-state index contributed by atoms with van der Waals surface area (Å²) >= 11 is 0. The second kappa shape index (κ2) is 10.9. The first-order chi connectivity index (χ1) is 21.7. The van der Waals surface area contributed by atoms with Gasteiger partial charge >= 0.3 is 0 Å². The Kier molecular flexibility index (Phi) is 6.56. The lowest BCUT2D eigenvalue weighted by atomic mass is 9.62. The van der Waals surface area contributed by atoms with E-state index in [9.17, 15) is 0 Å². The van der Waals surface area contributed by atoms with Gasteiger partial charge in [-0.1, -0.05) is 98.8 Å². The maximum atomic E-state index is 4.56. The standard InChI is InChI=1S/C42H34N2/c1-27-8-6-12-37-39(27)42(30-10-4-3-5-11-30)40-28(2)9-7-13-38(40)41(37)34-17-16-31-22-33(15-14-32(31)23-34)36-24-35(25-44-26-36)29-18-20-43-21-19-29/h3-8,10-28,39H,9H2,1-2H3. The van der Waals surface area contributed by atoms with Crippen molar-refractivity contribution < 1.29 is 0 Å². The Balaban J connectivity index is 1.26. The molecule has 3 aliphatic carbocycles. The summed E-state index contributed by atoms with van der Waals surface area (Å²) in [4.78, 5) is 8.72. The molecule has 0 saturated heterocycles. The first-order valence-corrected chi connectivity index (χ1v) is 15.6. The quantitative estimate of drug-likeness (QED) is 0.216. The van der Waals surface area contributed by atoms with Gasteiger partial charge in [0.25, 0.3) is 0 Å².